The van der Waals surface area contributed by atoms with Crippen LogP contribution in [0.1, 0.15) is 20.8 Å². The van der Waals surface area contributed by atoms with Crippen molar-refractivity contribution in [1.82, 2.24) is 10.3 Å². The number of aromatic nitrogens is 1. The van der Waals surface area contributed by atoms with Crippen molar-refractivity contribution in [3.63, 3.8) is 0 Å². The van der Waals surface area contributed by atoms with Crippen LogP contribution in [0, 0.1) is 6.92 Å². The average Bonchev–Trinajstić information content (AvgIpc) is 3.09. The monoisotopic (exact) mass is 403 g/mol. The maximum absolute atomic E-state index is 12.3. The van der Waals surface area contributed by atoms with Gasteiger partial charge in [-0.1, -0.05) is 23.8 Å². The largest absolute Gasteiger partial charge is 0.347 e. The van der Waals surface area contributed by atoms with E-state index in [2.05, 4.69) is 10.3 Å². The fourth-order valence-corrected chi connectivity index (χ4v) is 4.22. The lowest BCUT2D eigenvalue weighted by Crippen LogP contribution is -2.29. The van der Waals surface area contributed by atoms with E-state index in [-0.39, 0.29) is 16.3 Å². The molecule has 3 aromatic rings. The van der Waals surface area contributed by atoms with Gasteiger partial charge < -0.3 is 10.3 Å². The number of primary sulfonamides is 1. The van der Waals surface area contributed by atoms with Crippen molar-refractivity contribution in [1.29, 1.82) is 0 Å². The Morgan fingerprint density at radius 1 is 1.19 bits per heavy atom. The lowest BCUT2D eigenvalue weighted by Gasteiger charge is -2.06. The number of benzene rings is 1. The minimum Gasteiger partial charge on any atom is -0.347 e. The van der Waals surface area contributed by atoms with Crippen LogP contribution in [0.5, 0.6) is 0 Å². The molecule has 0 unspecified atom stereocenters. The SMILES string of the molecule is Cc1cccc(-c2ccc(C(=O)NCc3ccc(S(N)(=O)=O)s3)c(=O)[nH]2)c1. The molecule has 1 aromatic carbocycles. The summed E-state index contributed by atoms with van der Waals surface area (Å²) in [6, 6.07) is 13.7. The van der Waals surface area contributed by atoms with E-state index in [4.69, 9.17) is 5.14 Å². The van der Waals surface area contributed by atoms with E-state index in [1.165, 1.54) is 12.1 Å². The molecule has 1 amide bonds. The zero-order valence-electron chi connectivity index (χ0n) is 14.4. The highest BCUT2D eigenvalue weighted by atomic mass is 32.2. The standard InChI is InChI=1S/C18H17N3O4S2/c1-11-3-2-4-12(9-11)15-7-6-14(18(23)21-15)17(22)20-10-13-5-8-16(26-13)27(19,24)25/h2-9H,10H2,1H3,(H,20,22)(H,21,23)(H2,19,24,25). The first kappa shape index (κ1) is 19.0. The average molecular weight is 403 g/mol. The number of carbonyl (C=O) groups excluding carboxylic acids is 1. The fourth-order valence-electron chi connectivity index (χ4n) is 2.50. The Morgan fingerprint density at radius 2 is 1.96 bits per heavy atom. The summed E-state index contributed by atoms with van der Waals surface area (Å²) >= 11 is 0.969. The third kappa shape index (κ3) is 4.51. The molecule has 0 saturated carbocycles. The Morgan fingerprint density at radius 3 is 2.59 bits per heavy atom. The number of rotatable bonds is 5. The molecule has 0 saturated heterocycles. The number of hydrogen-bond acceptors (Lipinski definition) is 5. The van der Waals surface area contributed by atoms with E-state index < -0.39 is 21.5 Å². The molecule has 140 valence electrons. The Balaban J connectivity index is 1.74. The molecule has 3 rings (SSSR count). The number of amides is 1. The summed E-state index contributed by atoms with van der Waals surface area (Å²) in [6.45, 7) is 2.05. The van der Waals surface area contributed by atoms with Crippen LogP contribution in [0.2, 0.25) is 0 Å². The molecule has 0 spiro atoms. The van der Waals surface area contributed by atoms with E-state index in [1.54, 1.807) is 12.1 Å². The molecular formula is C18H17N3O4S2. The number of pyridine rings is 1. The van der Waals surface area contributed by atoms with Gasteiger partial charge >= 0.3 is 0 Å². The second-order valence-electron chi connectivity index (χ2n) is 5.93. The van der Waals surface area contributed by atoms with Gasteiger partial charge in [0, 0.05) is 10.6 Å². The Labute approximate surface area is 159 Å². The number of sulfonamides is 1. The lowest BCUT2D eigenvalue weighted by atomic mass is 10.1. The topological polar surface area (TPSA) is 122 Å². The van der Waals surface area contributed by atoms with Crippen LogP contribution in [0.3, 0.4) is 0 Å². The molecule has 0 radical (unpaired) electrons. The first-order valence-electron chi connectivity index (χ1n) is 7.94. The smallest absolute Gasteiger partial charge is 0.261 e. The highest BCUT2D eigenvalue weighted by Crippen LogP contribution is 2.20. The van der Waals surface area contributed by atoms with Gasteiger partial charge in [-0.25, -0.2) is 13.6 Å². The number of nitrogens with two attached hydrogens (primary N) is 1. The van der Waals surface area contributed by atoms with Gasteiger partial charge in [0.1, 0.15) is 9.77 Å². The molecule has 27 heavy (non-hydrogen) atoms. The molecule has 0 bridgehead atoms. The molecule has 4 N–H and O–H groups in total. The highest BCUT2D eigenvalue weighted by Gasteiger charge is 2.14. The van der Waals surface area contributed by atoms with Gasteiger partial charge in [0.15, 0.2) is 0 Å². The van der Waals surface area contributed by atoms with E-state index in [1.807, 2.05) is 31.2 Å². The van der Waals surface area contributed by atoms with E-state index in [9.17, 15) is 18.0 Å². The molecule has 0 aliphatic heterocycles. The maximum Gasteiger partial charge on any atom is 0.261 e. The van der Waals surface area contributed by atoms with Crippen molar-refractivity contribution in [2.45, 2.75) is 17.7 Å². The summed E-state index contributed by atoms with van der Waals surface area (Å²) in [6.07, 6.45) is 0. The van der Waals surface area contributed by atoms with Crippen LogP contribution < -0.4 is 16.0 Å². The summed E-state index contributed by atoms with van der Waals surface area (Å²) in [5.41, 5.74) is 2.02. The number of carbonyl (C=O) groups is 1. The molecule has 9 heteroatoms. The van der Waals surface area contributed by atoms with Crippen LogP contribution in [0.25, 0.3) is 11.3 Å². The van der Waals surface area contributed by atoms with Crippen molar-refractivity contribution >= 4 is 27.3 Å². The maximum atomic E-state index is 12.3. The van der Waals surface area contributed by atoms with Crippen LogP contribution in [-0.2, 0) is 16.6 Å². The molecule has 0 aliphatic rings. The van der Waals surface area contributed by atoms with Gasteiger partial charge in [-0.2, -0.15) is 0 Å². The second kappa shape index (κ2) is 7.47. The minimum absolute atomic E-state index is 0.0189. The summed E-state index contributed by atoms with van der Waals surface area (Å²) in [7, 11) is -3.76. The highest BCUT2D eigenvalue weighted by molar-refractivity contribution is 7.91. The van der Waals surface area contributed by atoms with E-state index in [0.717, 1.165) is 22.5 Å². The van der Waals surface area contributed by atoms with Crippen molar-refractivity contribution < 1.29 is 13.2 Å². The van der Waals surface area contributed by atoms with Crippen LogP contribution in [0.4, 0.5) is 0 Å². The summed E-state index contributed by atoms with van der Waals surface area (Å²) < 4.78 is 22.6. The Kier molecular flexibility index (Phi) is 5.26. The number of aromatic amines is 1. The van der Waals surface area contributed by atoms with Crippen molar-refractivity contribution in [3.05, 3.63) is 74.9 Å². The summed E-state index contributed by atoms with van der Waals surface area (Å²) in [5, 5.41) is 7.66. The second-order valence-corrected chi connectivity index (χ2v) is 8.89. The molecule has 0 aliphatic carbocycles. The molecule has 2 heterocycles. The van der Waals surface area contributed by atoms with Gasteiger partial charge in [-0.05, 0) is 42.8 Å². The predicted molar refractivity (Wildman–Crippen MR) is 104 cm³/mol. The van der Waals surface area contributed by atoms with E-state index >= 15 is 0 Å². The number of nitrogens with one attached hydrogen (secondary N) is 2. The number of thiophene rings is 1. The first-order chi connectivity index (χ1) is 12.7. The van der Waals surface area contributed by atoms with Crippen LogP contribution >= 0.6 is 11.3 Å². The third-order valence-corrected chi connectivity index (χ3v) is 6.35. The van der Waals surface area contributed by atoms with Crippen molar-refractivity contribution in [2.24, 2.45) is 5.14 Å². The first-order valence-corrected chi connectivity index (χ1v) is 10.3. The summed E-state index contributed by atoms with van der Waals surface area (Å²) in [5.74, 6) is -0.544. The van der Waals surface area contributed by atoms with Gasteiger partial charge in [-0.3, -0.25) is 9.59 Å². The third-order valence-electron chi connectivity index (χ3n) is 3.82. The molecule has 2 aromatic heterocycles. The van der Waals surface area contributed by atoms with Crippen molar-refractivity contribution in [2.75, 3.05) is 0 Å². The molecule has 0 atom stereocenters. The quantitative estimate of drug-likeness (QED) is 0.603. The van der Waals surface area contributed by atoms with Gasteiger partial charge in [0.2, 0.25) is 10.0 Å². The van der Waals surface area contributed by atoms with Gasteiger partial charge in [0.25, 0.3) is 11.5 Å². The molecule has 0 fully saturated rings. The van der Waals surface area contributed by atoms with Crippen LogP contribution in [-0.4, -0.2) is 19.3 Å². The number of aryl methyl sites for hydroxylation is 1. The Bertz CT molecular complexity index is 1160. The van der Waals surface area contributed by atoms with Gasteiger partial charge in [0.05, 0.1) is 6.54 Å². The zero-order valence-corrected chi connectivity index (χ0v) is 16.0. The molecule has 7 nitrogen and oxygen atoms in total. The predicted octanol–water partition coefficient (Wildman–Crippen LogP) is 1.99. The Hall–Kier alpha value is -2.75. The summed E-state index contributed by atoms with van der Waals surface area (Å²) in [4.78, 5) is 27.9. The van der Waals surface area contributed by atoms with Gasteiger partial charge in [-0.15, -0.1) is 11.3 Å². The van der Waals surface area contributed by atoms with Crippen LogP contribution in [0.15, 0.2) is 57.5 Å². The molecular weight excluding hydrogens is 386 g/mol. The normalized spacial score (nSPS) is 11.3. The zero-order chi connectivity index (χ0) is 19.6. The minimum atomic E-state index is -3.76. The number of H-pyrrole nitrogens is 1. The lowest BCUT2D eigenvalue weighted by molar-refractivity contribution is 0.0950. The van der Waals surface area contributed by atoms with E-state index in [0.29, 0.717) is 10.6 Å². The number of hydrogen-bond donors (Lipinski definition) is 3. The fraction of sp³-hybridized carbons (Fsp3) is 0.111. The van der Waals surface area contributed by atoms with Crippen molar-refractivity contribution in [3.8, 4) is 11.3 Å².